The van der Waals surface area contributed by atoms with Gasteiger partial charge >= 0.3 is 0 Å². The van der Waals surface area contributed by atoms with Gasteiger partial charge in [-0.3, -0.25) is 4.79 Å². The smallest absolute Gasteiger partial charge is 0.185 e. The Morgan fingerprint density at radius 3 is 2.59 bits per heavy atom. The summed E-state index contributed by atoms with van der Waals surface area (Å²) in [5.74, 6) is 1.64. The molecule has 0 aliphatic rings. The summed E-state index contributed by atoms with van der Waals surface area (Å²) in [6, 6.07) is 17.3. The number of anilines is 2. The quantitative estimate of drug-likeness (QED) is 0.480. The molecule has 5 heteroatoms. The molecular weight excluding hydrogens is 338 g/mol. The van der Waals surface area contributed by atoms with Crippen molar-refractivity contribution < 1.29 is 9.21 Å². The fourth-order valence-corrected chi connectivity index (χ4v) is 2.89. The van der Waals surface area contributed by atoms with Crippen molar-refractivity contribution in [1.29, 1.82) is 0 Å². The Labute approximate surface area is 156 Å². The van der Waals surface area contributed by atoms with E-state index in [2.05, 4.69) is 15.3 Å². The second-order valence-electron chi connectivity index (χ2n) is 6.02. The molecule has 5 nitrogen and oxygen atoms in total. The van der Waals surface area contributed by atoms with E-state index in [0.717, 1.165) is 27.7 Å². The fraction of sp³-hybridized carbons (Fsp3) is 0.0455. The van der Waals surface area contributed by atoms with Gasteiger partial charge in [0.05, 0.1) is 5.52 Å². The summed E-state index contributed by atoms with van der Waals surface area (Å²) < 4.78 is 5.53. The van der Waals surface area contributed by atoms with E-state index in [1.807, 2.05) is 61.5 Å². The second-order valence-corrected chi connectivity index (χ2v) is 6.02. The van der Waals surface area contributed by atoms with Gasteiger partial charge in [0.15, 0.2) is 12.0 Å². The Morgan fingerprint density at radius 1 is 1.00 bits per heavy atom. The summed E-state index contributed by atoms with van der Waals surface area (Å²) in [6.45, 7) is 1.99. The van der Waals surface area contributed by atoms with E-state index < -0.39 is 0 Å². The van der Waals surface area contributed by atoms with E-state index >= 15 is 0 Å². The highest BCUT2D eigenvalue weighted by Crippen LogP contribution is 2.29. The Balaban J connectivity index is 1.71. The molecule has 2 heterocycles. The highest BCUT2D eigenvalue weighted by Gasteiger charge is 2.09. The number of allylic oxidation sites excluding steroid dienone is 1. The molecule has 0 saturated heterocycles. The van der Waals surface area contributed by atoms with Crippen LogP contribution >= 0.6 is 0 Å². The number of benzene rings is 2. The van der Waals surface area contributed by atoms with E-state index in [4.69, 9.17) is 4.42 Å². The third-order valence-electron chi connectivity index (χ3n) is 4.20. The molecule has 132 valence electrons. The monoisotopic (exact) mass is 355 g/mol. The molecular formula is C22H17N3O2. The standard InChI is InChI=1S/C22H17N3O2/c1-2-3-15-4-7-17(8-5-15)25-22-19-12-16(6-10-20(19)23-14-24-22)21-11-9-18(13-26)27-21/h2-14H,1H3,(H,23,24,25)/b3-2+. The molecule has 0 fully saturated rings. The largest absolute Gasteiger partial charge is 0.453 e. The third kappa shape index (κ3) is 3.48. The van der Waals surface area contributed by atoms with Gasteiger partial charge in [-0.25, -0.2) is 9.97 Å². The summed E-state index contributed by atoms with van der Waals surface area (Å²) in [5.41, 5.74) is 3.76. The number of carbonyl (C=O) groups excluding carboxylic acids is 1. The number of nitrogens with zero attached hydrogens (tertiary/aromatic N) is 2. The van der Waals surface area contributed by atoms with Crippen molar-refractivity contribution >= 4 is 34.8 Å². The first-order valence-corrected chi connectivity index (χ1v) is 8.57. The van der Waals surface area contributed by atoms with Crippen LogP contribution in [-0.2, 0) is 0 Å². The first kappa shape index (κ1) is 16.7. The maximum Gasteiger partial charge on any atom is 0.185 e. The molecule has 0 bridgehead atoms. The van der Waals surface area contributed by atoms with Crippen LogP contribution in [-0.4, -0.2) is 16.3 Å². The van der Waals surface area contributed by atoms with Crippen molar-refractivity contribution in [1.82, 2.24) is 9.97 Å². The summed E-state index contributed by atoms with van der Waals surface area (Å²) in [6.07, 6.45) is 6.29. The highest BCUT2D eigenvalue weighted by molar-refractivity contribution is 5.93. The SMILES string of the molecule is C/C=C/c1ccc(Nc2ncnc3ccc(-c4ccc(C=O)o4)cc23)cc1. The Bertz CT molecular complexity index is 1130. The van der Waals surface area contributed by atoms with Crippen molar-refractivity contribution in [3.63, 3.8) is 0 Å². The van der Waals surface area contributed by atoms with Crippen LogP contribution in [0, 0.1) is 0 Å². The van der Waals surface area contributed by atoms with Crippen molar-refractivity contribution in [2.45, 2.75) is 6.92 Å². The summed E-state index contributed by atoms with van der Waals surface area (Å²) in [7, 11) is 0. The predicted octanol–water partition coefficient (Wildman–Crippen LogP) is 5.48. The minimum Gasteiger partial charge on any atom is -0.453 e. The Morgan fingerprint density at radius 2 is 1.85 bits per heavy atom. The van der Waals surface area contributed by atoms with Gasteiger partial charge in [-0.1, -0.05) is 24.3 Å². The topological polar surface area (TPSA) is 68.0 Å². The number of rotatable bonds is 5. The molecule has 4 rings (SSSR count). The van der Waals surface area contributed by atoms with Crippen molar-refractivity contribution in [2.24, 2.45) is 0 Å². The third-order valence-corrected chi connectivity index (χ3v) is 4.20. The molecule has 0 amide bonds. The number of furan rings is 1. The minimum absolute atomic E-state index is 0.300. The van der Waals surface area contributed by atoms with Gasteiger partial charge in [0.1, 0.15) is 17.9 Å². The van der Waals surface area contributed by atoms with E-state index in [0.29, 0.717) is 23.6 Å². The van der Waals surface area contributed by atoms with Gasteiger partial charge in [-0.2, -0.15) is 0 Å². The Kier molecular flexibility index (Phi) is 4.49. The average Bonchev–Trinajstić information content (AvgIpc) is 3.19. The van der Waals surface area contributed by atoms with Gasteiger partial charge in [-0.05, 0) is 55.0 Å². The van der Waals surface area contributed by atoms with Crippen molar-refractivity contribution in [3.05, 3.63) is 78.3 Å². The van der Waals surface area contributed by atoms with Crippen LogP contribution in [0.25, 0.3) is 28.3 Å². The lowest BCUT2D eigenvalue weighted by Gasteiger charge is -2.09. The number of aldehydes is 1. The minimum atomic E-state index is 0.300. The molecule has 1 N–H and O–H groups in total. The Hall–Kier alpha value is -3.73. The van der Waals surface area contributed by atoms with Crippen LogP contribution in [0.2, 0.25) is 0 Å². The van der Waals surface area contributed by atoms with Crippen LogP contribution in [0.5, 0.6) is 0 Å². The van der Waals surface area contributed by atoms with Crippen LogP contribution in [0.3, 0.4) is 0 Å². The molecule has 0 aliphatic heterocycles. The zero-order chi connectivity index (χ0) is 18.6. The molecule has 4 aromatic rings. The lowest BCUT2D eigenvalue weighted by molar-refractivity contribution is 0.110. The molecule has 0 radical (unpaired) electrons. The van der Waals surface area contributed by atoms with Crippen LogP contribution in [0.4, 0.5) is 11.5 Å². The van der Waals surface area contributed by atoms with E-state index in [1.165, 1.54) is 6.33 Å². The molecule has 2 aromatic carbocycles. The molecule has 0 saturated carbocycles. The molecule has 27 heavy (non-hydrogen) atoms. The fourth-order valence-electron chi connectivity index (χ4n) is 2.89. The second kappa shape index (κ2) is 7.25. The summed E-state index contributed by atoms with van der Waals surface area (Å²) >= 11 is 0. The lowest BCUT2D eigenvalue weighted by Crippen LogP contribution is -1.96. The maximum atomic E-state index is 10.9. The highest BCUT2D eigenvalue weighted by atomic mass is 16.3. The number of hydrogen-bond donors (Lipinski definition) is 1. The van der Waals surface area contributed by atoms with Gasteiger partial charge < -0.3 is 9.73 Å². The maximum absolute atomic E-state index is 10.9. The lowest BCUT2D eigenvalue weighted by atomic mass is 10.1. The molecule has 0 aliphatic carbocycles. The zero-order valence-electron chi connectivity index (χ0n) is 14.7. The molecule has 0 unspecified atom stereocenters. The number of carbonyl (C=O) groups is 1. The average molecular weight is 355 g/mol. The van der Waals surface area contributed by atoms with Crippen LogP contribution in [0.15, 0.2) is 71.4 Å². The number of fused-ring (bicyclic) bond motifs is 1. The van der Waals surface area contributed by atoms with Crippen LogP contribution < -0.4 is 5.32 Å². The van der Waals surface area contributed by atoms with Gasteiger partial charge in [0.25, 0.3) is 0 Å². The first-order chi connectivity index (χ1) is 13.3. The molecule has 0 atom stereocenters. The van der Waals surface area contributed by atoms with Gasteiger partial charge in [0, 0.05) is 16.6 Å². The van der Waals surface area contributed by atoms with Crippen molar-refractivity contribution in [3.8, 4) is 11.3 Å². The number of nitrogens with one attached hydrogen (secondary N) is 1. The molecule has 0 spiro atoms. The first-order valence-electron chi connectivity index (χ1n) is 8.57. The van der Waals surface area contributed by atoms with Crippen molar-refractivity contribution in [2.75, 3.05) is 5.32 Å². The summed E-state index contributed by atoms with van der Waals surface area (Å²) in [4.78, 5) is 19.6. The van der Waals surface area contributed by atoms with Crippen LogP contribution in [0.1, 0.15) is 23.0 Å². The summed E-state index contributed by atoms with van der Waals surface area (Å²) in [5, 5.41) is 4.22. The predicted molar refractivity (Wildman–Crippen MR) is 107 cm³/mol. The number of aromatic nitrogens is 2. The van der Waals surface area contributed by atoms with E-state index in [1.54, 1.807) is 12.1 Å². The van der Waals surface area contributed by atoms with E-state index in [9.17, 15) is 4.79 Å². The van der Waals surface area contributed by atoms with Gasteiger partial charge in [-0.15, -0.1) is 0 Å². The number of hydrogen-bond acceptors (Lipinski definition) is 5. The van der Waals surface area contributed by atoms with E-state index in [-0.39, 0.29) is 0 Å². The normalized spacial score (nSPS) is 11.1. The zero-order valence-corrected chi connectivity index (χ0v) is 14.7. The van der Waals surface area contributed by atoms with Gasteiger partial charge in [0.2, 0.25) is 0 Å². The molecule has 2 aromatic heterocycles.